The van der Waals surface area contributed by atoms with Gasteiger partial charge in [0.15, 0.2) is 5.82 Å². The molecule has 2 aromatic heterocycles. The molecule has 3 rings (SSSR count). The number of pyridine rings is 1. The predicted molar refractivity (Wildman–Crippen MR) is 95.5 cm³/mol. The van der Waals surface area contributed by atoms with Gasteiger partial charge in [-0.25, -0.2) is 22.2 Å². The van der Waals surface area contributed by atoms with Crippen molar-refractivity contribution in [3.05, 3.63) is 53.4 Å². The van der Waals surface area contributed by atoms with E-state index < -0.39 is 38.7 Å². The highest BCUT2D eigenvalue weighted by molar-refractivity contribution is 7.92. The van der Waals surface area contributed by atoms with Crippen molar-refractivity contribution in [2.75, 3.05) is 17.6 Å². The number of rotatable bonds is 6. The first-order valence-corrected chi connectivity index (χ1v) is 9.47. The number of anilines is 1. The lowest BCUT2D eigenvalue weighted by Crippen LogP contribution is -2.17. The van der Waals surface area contributed by atoms with Gasteiger partial charge in [-0.2, -0.15) is 0 Å². The molecule has 3 aromatic rings. The molecule has 0 atom stereocenters. The van der Waals surface area contributed by atoms with Crippen molar-refractivity contribution in [2.24, 2.45) is 0 Å². The van der Waals surface area contributed by atoms with Gasteiger partial charge >= 0.3 is 0 Å². The maximum atomic E-state index is 14.7. The van der Waals surface area contributed by atoms with Crippen molar-refractivity contribution >= 4 is 32.5 Å². The van der Waals surface area contributed by atoms with E-state index in [4.69, 9.17) is 4.74 Å². The minimum absolute atomic E-state index is 0.0234. The molecule has 7 nitrogen and oxygen atoms in total. The number of halogens is 2. The Hall–Kier alpha value is -3.01. The van der Waals surface area contributed by atoms with Crippen LogP contribution in [0.1, 0.15) is 22.8 Å². The number of ether oxygens (including phenoxy) is 1. The number of fused-ring (bicyclic) bond motifs is 1. The molecule has 1 aromatic carbocycles. The number of benzene rings is 1. The molecule has 0 unspecified atom stereocenters. The van der Waals surface area contributed by atoms with E-state index in [2.05, 4.69) is 9.97 Å². The lowest BCUT2D eigenvalue weighted by atomic mass is 10.0. The highest BCUT2D eigenvalue weighted by atomic mass is 32.2. The van der Waals surface area contributed by atoms with Crippen LogP contribution in [0.2, 0.25) is 0 Å². The van der Waals surface area contributed by atoms with Gasteiger partial charge < -0.3 is 9.72 Å². The van der Waals surface area contributed by atoms with E-state index in [0.29, 0.717) is 16.8 Å². The SMILES string of the molecule is CCS(=O)(=O)Nc1ccc(F)c(C(=O)c2c[nH]c3ncc(OC)cc23)c1F. The second-order valence-electron chi connectivity index (χ2n) is 5.59. The maximum Gasteiger partial charge on any atom is 0.232 e. The van der Waals surface area contributed by atoms with Gasteiger partial charge in [0, 0.05) is 17.1 Å². The molecule has 0 spiro atoms. The number of hydrogen-bond donors (Lipinski definition) is 2. The summed E-state index contributed by atoms with van der Waals surface area (Å²) in [6, 6.07) is 3.26. The van der Waals surface area contributed by atoms with Crippen LogP contribution in [0.3, 0.4) is 0 Å². The Bertz CT molecular complexity index is 1140. The molecule has 2 N–H and O–H groups in total. The van der Waals surface area contributed by atoms with Crippen LogP contribution in [0, 0.1) is 11.6 Å². The lowest BCUT2D eigenvalue weighted by Gasteiger charge is -2.11. The zero-order chi connectivity index (χ0) is 19.8. The first-order valence-electron chi connectivity index (χ1n) is 7.81. The summed E-state index contributed by atoms with van der Waals surface area (Å²) in [6.45, 7) is 1.36. The van der Waals surface area contributed by atoms with Crippen molar-refractivity contribution in [3.63, 3.8) is 0 Å². The van der Waals surface area contributed by atoms with Gasteiger partial charge in [0.2, 0.25) is 15.8 Å². The first kappa shape index (κ1) is 18.8. The zero-order valence-corrected chi connectivity index (χ0v) is 15.2. The maximum absolute atomic E-state index is 14.7. The standard InChI is InChI=1S/C17H15F2N3O4S/c1-3-27(24,25)22-13-5-4-12(18)14(15(13)19)16(23)11-8-21-17-10(11)6-9(26-2)7-20-17/h4-8,22H,3H2,1-2H3,(H,20,21). The number of hydrogen-bond acceptors (Lipinski definition) is 5. The highest BCUT2D eigenvalue weighted by Gasteiger charge is 2.25. The zero-order valence-electron chi connectivity index (χ0n) is 14.3. The van der Waals surface area contributed by atoms with Gasteiger partial charge in [0.05, 0.1) is 30.3 Å². The summed E-state index contributed by atoms with van der Waals surface area (Å²) < 4.78 is 59.4. The molecule has 0 fully saturated rings. The van der Waals surface area contributed by atoms with Crippen molar-refractivity contribution in [1.29, 1.82) is 0 Å². The van der Waals surface area contributed by atoms with Crippen molar-refractivity contribution < 1.29 is 26.7 Å². The Morgan fingerprint density at radius 1 is 1.33 bits per heavy atom. The molecule has 2 heterocycles. The van der Waals surface area contributed by atoms with Gasteiger partial charge in [0.1, 0.15) is 17.2 Å². The summed E-state index contributed by atoms with van der Waals surface area (Å²) in [5.74, 6) is -3.30. The largest absolute Gasteiger partial charge is 0.495 e. The average Bonchev–Trinajstić information content (AvgIpc) is 3.07. The summed E-state index contributed by atoms with van der Waals surface area (Å²) in [5.41, 5.74) is -1.06. The molecule has 27 heavy (non-hydrogen) atoms. The molecule has 0 aliphatic heterocycles. The summed E-state index contributed by atoms with van der Waals surface area (Å²) >= 11 is 0. The lowest BCUT2D eigenvalue weighted by molar-refractivity contribution is 0.103. The van der Waals surface area contributed by atoms with E-state index in [1.54, 1.807) is 0 Å². The van der Waals surface area contributed by atoms with E-state index in [9.17, 15) is 22.0 Å². The molecular weight excluding hydrogens is 380 g/mol. The first-order chi connectivity index (χ1) is 12.8. The molecule has 0 saturated heterocycles. The molecule has 10 heteroatoms. The van der Waals surface area contributed by atoms with Crippen LogP contribution in [-0.4, -0.2) is 37.0 Å². The fraction of sp³-hybridized carbons (Fsp3) is 0.176. The van der Waals surface area contributed by atoms with Gasteiger partial charge in [-0.3, -0.25) is 9.52 Å². The average molecular weight is 395 g/mol. The third kappa shape index (κ3) is 3.47. The number of nitrogens with zero attached hydrogens (tertiary/aromatic N) is 1. The molecule has 0 saturated carbocycles. The van der Waals surface area contributed by atoms with Crippen LogP contribution in [0.4, 0.5) is 14.5 Å². The predicted octanol–water partition coefficient (Wildman–Crippen LogP) is 2.84. The summed E-state index contributed by atoms with van der Waals surface area (Å²) in [6.07, 6.45) is 2.70. The topological polar surface area (TPSA) is 101 Å². The second kappa shape index (κ2) is 6.95. The summed E-state index contributed by atoms with van der Waals surface area (Å²) in [4.78, 5) is 19.6. The third-order valence-corrected chi connectivity index (χ3v) is 5.24. The number of aromatic nitrogens is 2. The Balaban J connectivity index is 2.12. The van der Waals surface area contributed by atoms with Crippen LogP contribution in [-0.2, 0) is 10.0 Å². The number of sulfonamides is 1. The van der Waals surface area contributed by atoms with Crippen LogP contribution in [0.25, 0.3) is 11.0 Å². The van der Waals surface area contributed by atoms with E-state index in [1.807, 2.05) is 4.72 Å². The minimum Gasteiger partial charge on any atom is -0.495 e. The number of methoxy groups -OCH3 is 1. The number of carbonyl (C=O) groups excluding carboxylic acids is 1. The number of nitrogens with one attached hydrogen (secondary N) is 2. The Morgan fingerprint density at radius 3 is 2.74 bits per heavy atom. The van der Waals surface area contributed by atoms with Crippen LogP contribution >= 0.6 is 0 Å². The van der Waals surface area contributed by atoms with E-state index in [1.165, 1.54) is 32.5 Å². The molecule has 0 amide bonds. The van der Waals surface area contributed by atoms with Crippen LogP contribution < -0.4 is 9.46 Å². The minimum atomic E-state index is -3.80. The number of ketones is 1. The van der Waals surface area contributed by atoms with Crippen molar-refractivity contribution in [2.45, 2.75) is 6.92 Å². The van der Waals surface area contributed by atoms with Crippen LogP contribution in [0.5, 0.6) is 5.75 Å². The van der Waals surface area contributed by atoms with E-state index in [-0.39, 0.29) is 11.3 Å². The third-order valence-electron chi connectivity index (χ3n) is 3.95. The summed E-state index contributed by atoms with van der Waals surface area (Å²) in [7, 11) is -2.39. The molecule has 142 valence electrons. The quantitative estimate of drug-likeness (QED) is 0.625. The Kier molecular flexibility index (Phi) is 4.83. The molecule has 0 aliphatic carbocycles. The fourth-order valence-corrected chi connectivity index (χ4v) is 3.13. The van der Waals surface area contributed by atoms with E-state index in [0.717, 1.165) is 12.1 Å². The van der Waals surface area contributed by atoms with Gasteiger partial charge in [0.25, 0.3) is 0 Å². The van der Waals surface area contributed by atoms with Gasteiger partial charge in [-0.05, 0) is 25.1 Å². The Labute approximate surface area is 153 Å². The summed E-state index contributed by atoms with van der Waals surface area (Å²) in [5, 5.41) is 0.317. The van der Waals surface area contributed by atoms with Gasteiger partial charge in [-0.1, -0.05) is 0 Å². The van der Waals surface area contributed by atoms with Gasteiger partial charge in [-0.15, -0.1) is 0 Å². The molecule has 0 bridgehead atoms. The van der Waals surface area contributed by atoms with Crippen molar-refractivity contribution in [3.8, 4) is 5.75 Å². The normalized spacial score (nSPS) is 11.6. The monoisotopic (exact) mass is 395 g/mol. The van der Waals surface area contributed by atoms with Crippen molar-refractivity contribution in [1.82, 2.24) is 9.97 Å². The fourth-order valence-electron chi connectivity index (χ4n) is 2.50. The van der Waals surface area contributed by atoms with E-state index >= 15 is 0 Å². The Morgan fingerprint density at radius 2 is 2.07 bits per heavy atom. The molecule has 0 radical (unpaired) electrons. The molecular formula is C17H15F2N3O4S. The number of H-pyrrole nitrogens is 1. The highest BCUT2D eigenvalue weighted by Crippen LogP contribution is 2.28. The smallest absolute Gasteiger partial charge is 0.232 e. The number of aromatic amines is 1. The second-order valence-corrected chi connectivity index (χ2v) is 7.60. The molecule has 0 aliphatic rings. The van der Waals surface area contributed by atoms with Crippen LogP contribution in [0.15, 0.2) is 30.6 Å². The number of carbonyl (C=O) groups is 1.